The summed E-state index contributed by atoms with van der Waals surface area (Å²) in [5.41, 5.74) is 0.0884. The average Bonchev–Trinajstić information content (AvgIpc) is 2.48. The van der Waals surface area contributed by atoms with Crippen LogP contribution in [0.5, 0.6) is 0 Å². The van der Waals surface area contributed by atoms with Crippen molar-refractivity contribution in [2.24, 2.45) is 11.8 Å². The van der Waals surface area contributed by atoms with Crippen LogP contribution in [0.15, 0.2) is 11.6 Å². The lowest BCUT2D eigenvalue weighted by Crippen LogP contribution is -2.09. The van der Waals surface area contributed by atoms with E-state index in [9.17, 15) is 9.36 Å². The maximum Gasteiger partial charge on any atom is 0.510 e. The zero-order valence-electron chi connectivity index (χ0n) is 13.7. The first-order valence-electron chi connectivity index (χ1n) is 8.56. The maximum atomic E-state index is 10.8. The molecule has 0 aromatic carbocycles. The molecule has 0 heterocycles. The summed E-state index contributed by atoms with van der Waals surface area (Å²) in [6.45, 7) is 2.36. The van der Waals surface area contributed by atoms with Gasteiger partial charge in [0, 0.05) is 0 Å². The molecule has 0 spiro atoms. The van der Waals surface area contributed by atoms with Gasteiger partial charge in [0.1, 0.15) is 0 Å². The van der Waals surface area contributed by atoms with Crippen molar-refractivity contribution in [3.63, 3.8) is 0 Å². The zero-order valence-corrected chi connectivity index (χ0v) is 14.6. The molecule has 22 heavy (non-hydrogen) atoms. The summed E-state index contributed by atoms with van der Waals surface area (Å²) in [6, 6.07) is 0. The van der Waals surface area contributed by atoms with E-state index in [-0.39, 0.29) is 17.7 Å². The van der Waals surface area contributed by atoms with E-state index in [2.05, 4.69) is 6.92 Å². The van der Waals surface area contributed by atoms with Gasteiger partial charge in [0.05, 0.1) is 5.57 Å². The summed E-state index contributed by atoms with van der Waals surface area (Å²) < 4.78 is 10.6. The van der Waals surface area contributed by atoms with Crippen LogP contribution in [0, 0.1) is 11.8 Å². The minimum atomic E-state index is -2.40. The van der Waals surface area contributed by atoms with Crippen molar-refractivity contribution >= 4 is 14.0 Å². The molecule has 0 aromatic heterocycles. The number of carboxylic acids is 1. The lowest BCUT2D eigenvalue weighted by molar-refractivity contribution is -0.132. The van der Waals surface area contributed by atoms with Crippen LogP contribution in [0.4, 0.5) is 0 Å². The van der Waals surface area contributed by atoms with Gasteiger partial charge in [-0.3, -0.25) is 0 Å². The number of carboxylic acid groups (broad SMARTS) is 1. The Hall–Kier alpha value is -0.730. The van der Waals surface area contributed by atoms with Gasteiger partial charge in [0.15, 0.2) is 0 Å². The van der Waals surface area contributed by atoms with E-state index in [4.69, 9.17) is 10.00 Å². The first kappa shape index (κ1) is 19.3. The molecule has 2 rings (SSSR count). The third kappa shape index (κ3) is 8.65. The minimum Gasteiger partial charge on any atom is -0.478 e. The van der Waals surface area contributed by atoms with Gasteiger partial charge in [0.2, 0.25) is 6.16 Å². The van der Waals surface area contributed by atoms with Gasteiger partial charge in [0.25, 0.3) is 0 Å². The van der Waals surface area contributed by atoms with Crippen LogP contribution in [0.2, 0.25) is 0 Å². The topological polar surface area (TPSA) is 74.6 Å². The Bertz CT molecular complexity index is 380. The van der Waals surface area contributed by atoms with Crippen molar-refractivity contribution in [2.45, 2.75) is 71.1 Å². The molecule has 2 aliphatic rings. The maximum absolute atomic E-state index is 10.8. The SMILES string of the molecule is CC1CCCCC1.O=C(O)C(=CC1CCCCC1)C[P+](=O)O. The molecule has 0 amide bonds. The fraction of sp³-hybridized carbons (Fsp3) is 0.824. The minimum absolute atomic E-state index is 0.0884. The number of hydrogen-bond acceptors (Lipinski definition) is 2. The number of rotatable bonds is 4. The van der Waals surface area contributed by atoms with Gasteiger partial charge in [-0.05, 0) is 29.2 Å². The number of hydrogen-bond donors (Lipinski definition) is 2. The van der Waals surface area contributed by atoms with Gasteiger partial charge in [-0.25, -0.2) is 4.79 Å². The highest BCUT2D eigenvalue weighted by molar-refractivity contribution is 7.38. The van der Waals surface area contributed by atoms with E-state index in [0.29, 0.717) is 0 Å². The molecule has 2 saturated carbocycles. The molecule has 0 aliphatic heterocycles. The van der Waals surface area contributed by atoms with Crippen LogP contribution < -0.4 is 0 Å². The van der Waals surface area contributed by atoms with E-state index >= 15 is 0 Å². The third-order valence-electron chi connectivity index (χ3n) is 4.56. The molecule has 2 aliphatic carbocycles. The molecule has 2 fully saturated rings. The summed E-state index contributed by atoms with van der Waals surface area (Å²) in [7, 11) is -2.40. The van der Waals surface area contributed by atoms with Crippen LogP contribution in [-0.2, 0) is 9.36 Å². The molecular weight excluding hydrogens is 299 g/mol. The van der Waals surface area contributed by atoms with Gasteiger partial charge >= 0.3 is 14.0 Å². The lowest BCUT2D eigenvalue weighted by Gasteiger charge is -2.18. The van der Waals surface area contributed by atoms with Crippen molar-refractivity contribution in [2.75, 3.05) is 6.16 Å². The highest BCUT2D eigenvalue weighted by Gasteiger charge is 2.22. The Morgan fingerprint density at radius 3 is 1.91 bits per heavy atom. The van der Waals surface area contributed by atoms with Crippen LogP contribution in [0.25, 0.3) is 0 Å². The summed E-state index contributed by atoms with van der Waals surface area (Å²) in [5, 5.41) is 8.84. The smallest absolute Gasteiger partial charge is 0.478 e. The zero-order chi connectivity index (χ0) is 16.4. The normalized spacial score (nSPS) is 21.7. The monoisotopic (exact) mass is 329 g/mol. The van der Waals surface area contributed by atoms with Crippen LogP contribution in [0.3, 0.4) is 0 Å². The molecule has 4 nitrogen and oxygen atoms in total. The van der Waals surface area contributed by atoms with E-state index in [1.54, 1.807) is 6.08 Å². The fourth-order valence-corrected chi connectivity index (χ4v) is 3.76. The first-order chi connectivity index (χ1) is 10.5. The fourth-order valence-electron chi connectivity index (χ4n) is 3.23. The molecule has 0 radical (unpaired) electrons. The Morgan fingerprint density at radius 1 is 1.05 bits per heavy atom. The van der Waals surface area contributed by atoms with Gasteiger partial charge in [-0.15, -0.1) is 0 Å². The van der Waals surface area contributed by atoms with Crippen LogP contribution >= 0.6 is 8.03 Å². The van der Waals surface area contributed by atoms with E-state index in [1.165, 1.54) is 38.5 Å². The molecule has 5 heteroatoms. The molecule has 2 N–H and O–H groups in total. The van der Waals surface area contributed by atoms with Gasteiger partial charge in [-0.1, -0.05) is 64.4 Å². The van der Waals surface area contributed by atoms with Crippen molar-refractivity contribution in [1.29, 1.82) is 0 Å². The van der Waals surface area contributed by atoms with Crippen molar-refractivity contribution < 1.29 is 19.4 Å². The summed E-state index contributed by atoms with van der Waals surface area (Å²) in [6.07, 6.45) is 14.3. The largest absolute Gasteiger partial charge is 0.510 e. The molecule has 0 bridgehead atoms. The second kappa shape index (κ2) is 10.9. The molecule has 1 unspecified atom stereocenters. The second-order valence-corrected chi connectivity index (χ2v) is 7.67. The van der Waals surface area contributed by atoms with Gasteiger partial charge < -0.3 is 5.11 Å². The quantitative estimate of drug-likeness (QED) is 0.568. The lowest BCUT2D eigenvalue weighted by atomic mass is 9.88. The van der Waals surface area contributed by atoms with Crippen LogP contribution in [0.1, 0.15) is 71.1 Å². The number of allylic oxidation sites excluding steroid dienone is 1. The number of carbonyl (C=O) groups is 1. The Balaban J connectivity index is 0.000000287. The Labute approximate surface area is 134 Å². The predicted molar refractivity (Wildman–Crippen MR) is 89.2 cm³/mol. The second-order valence-electron chi connectivity index (χ2n) is 6.65. The third-order valence-corrected chi connectivity index (χ3v) is 5.17. The summed E-state index contributed by atoms with van der Waals surface area (Å²) >= 11 is 0. The predicted octanol–water partition coefficient (Wildman–Crippen LogP) is 4.90. The molecule has 0 aromatic rings. The van der Waals surface area contributed by atoms with Crippen LogP contribution in [-0.4, -0.2) is 22.1 Å². The Morgan fingerprint density at radius 2 is 1.55 bits per heavy atom. The summed E-state index contributed by atoms with van der Waals surface area (Å²) in [5.74, 6) is 0.242. The molecular formula is C17H30O4P+. The Kier molecular flexibility index (Phi) is 9.58. The average molecular weight is 329 g/mol. The van der Waals surface area contributed by atoms with Crippen molar-refractivity contribution in [3.05, 3.63) is 11.6 Å². The molecule has 0 saturated heterocycles. The van der Waals surface area contributed by atoms with E-state index in [0.717, 1.165) is 31.6 Å². The summed E-state index contributed by atoms with van der Waals surface area (Å²) in [4.78, 5) is 19.5. The number of aliphatic carboxylic acids is 1. The molecule has 1 atom stereocenters. The highest BCUT2D eigenvalue weighted by Crippen LogP contribution is 2.27. The first-order valence-corrected chi connectivity index (χ1v) is 9.96. The molecule has 126 valence electrons. The van der Waals surface area contributed by atoms with Crippen molar-refractivity contribution in [3.8, 4) is 0 Å². The van der Waals surface area contributed by atoms with Crippen molar-refractivity contribution in [1.82, 2.24) is 0 Å². The van der Waals surface area contributed by atoms with E-state index in [1.807, 2.05) is 0 Å². The highest BCUT2D eigenvalue weighted by atomic mass is 31.1. The van der Waals surface area contributed by atoms with E-state index < -0.39 is 14.0 Å². The van der Waals surface area contributed by atoms with Gasteiger partial charge in [-0.2, -0.15) is 4.89 Å². The standard InChI is InChI=1S/C10H15O4P.C7H14/c11-10(12)9(7-15(13)14)6-8-4-2-1-3-5-8;1-7-5-3-2-4-6-7/h6,8H,1-5,7H2,(H-,11,12,13,14);7H,2-6H2,1H3/p+1.